The van der Waals surface area contributed by atoms with E-state index in [4.69, 9.17) is 14.2 Å². The molecule has 1 atom stereocenters. The van der Waals surface area contributed by atoms with Gasteiger partial charge in [-0.2, -0.15) is 0 Å². The van der Waals surface area contributed by atoms with E-state index in [0.29, 0.717) is 19.3 Å². The van der Waals surface area contributed by atoms with Gasteiger partial charge in [-0.05, 0) is 70.6 Å². The molecule has 0 spiro atoms. The van der Waals surface area contributed by atoms with E-state index in [9.17, 15) is 14.4 Å². The highest BCUT2D eigenvalue weighted by atomic mass is 16.6. The molecule has 0 aromatic rings. The Hall–Kier alpha value is -2.11. The van der Waals surface area contributed by atoms with Gasteiger partial charge in [0.15, 0.2) is 6.10 Å². The fraction of sp³-hybridized carbons (Fsp3) is 0.865. The van der Waals surface area contributed by atoms with Crippen LogP contribution < -0.4 is 0 Å². The lowest BCUT2D eigenvalue weighted by Crippen LogP contribution is -2.30. The smallest absolute Gasteiger partial charge is 0.306 e. The summed E-state index contributed by atoms with van der Waals surface area (Å²) in [5.41, 5.74) is 0. The standard InChI is InChI=1S/C52H96O6/c1-4-7-10-13-16-18-20-22-24-25-26-27-29-30-32-34-36-39-42-45-51(54)57-48-49(47-56-50(53)44-41-38-15-12-9-6-3)58-52(55)46-43-40-37-35-33-31-28-23-21-19-17-14-11-8-5-2/h22-24,28,49H,4-21,25-27,29-48H2,1-3H3/b24-22-,28-23-. The second-order valence-corrected chi connectivity index (χ2v) is 17.1. The van der Waals surface area contributed by atoms with E-state index in [-0.39, 0.29) is 31.1 Å². The van der Waals surface area contributed by atoms with Crippen LogP contribution in [0.4, 0.5) is 0 Å². The molecule has 6 nitrogen and oxygen atoms in total. The minimum Gasteiger partial charge on any atom is -0.462 e. The van der Waals surface area contributed by atoms with E-state index in [0.717, 1.165) is 64.2 Å². The number of rotatable bonds is 46. The minimum absolute atomic E-state index is 0.0733. The van der Waals surface area contributed by atoms with Crippen molar-refractivity contribution in [2.75, 3.05) is 13.2 Å². The largest absolute Gasteiger partial charge is 0.462 e. The van der Waals surface area contributed by atoms with Crippen molar-refractivity contribution in [1.29, 1.82) is 0 Å². The summed E-state index contributed by atoms with van der Waals surface area (Å²) in [5, 5.41) is 0. The normalized spacial score (nSPS) is 12.1. The number of carbonyl (C=O) groups is 3. The van der Waals surface area contributed by atoms with Crippen molar-refractivity contribution < 1.29 is 28.6 Å². The van der Waals surface area contributed by atoms with E-state index >= 15 is 0 Å². The third kappa shape index (κ3) is 45.0. The van der Waals surface area contributed by atoms with Gasteiger partial charge in [0.25, 0.3) is 0 Å². The minimum atomic E-state index is -0.769. The van der Waals surface area contributed by atoms with Gasteiger partial charge in [0.2, 0.25) is 0 Å². The number of unbranched alkanes of at least 4 members (excludes halogenated alkanes) is 31. The van der Waals surface area contributed by atoms with Gasteiger partial charge in [0.05, 0.1) is 0 Å². The molecule has 340 valence electrons. The molecule has 6 heteroatoms. The molecule has 0 saturated carbocycles. The Balaban J connectivity index is 4.19. The summed E-state index contributed by atoms with van der Waals surface area (Å²) in [4.78, 5) is 37.7. The van der Waals surface area contributed by atoms with Gasteiger partial charge in [0, 0.05) is 19.3 Å². The number of esters is 3. The number of ether oxygens (including phenoxy) is 3. The quantitative estimate of drug-likeness (QED) is 0.0263. The van der Waals surface area contributed by atoms with Crippen molar-refractivity contribution in [3.8, 4) is 0 Å². The lowest BCUT2D eigenvalue weighted by molar-refractivity contribution is -0.167. The Morgan fingerprint density at radius 3 is 0.862 bits per heavy atom. The summed E-state index contributed by atoms with van der Waals surface area (Å²) in [7, 11) is 0. The predicted octanol–water partition coefficient (Wildman–Crippen LogP) is 16.4. The number of hydrogen-bond donors (Lipinski definition) is 0. The van der Waals surface area contributed by atoms with Gasteiger partial charge in [-0.25, -0.2) is 0 Å². The molecule has 0 fully saturated rings. The fourth-order valence-corrected chi connectivity index (χ4v) is 7.31. The van der Waals surface area contributed by atoms with Crippen molar-refractivity contribution in [1.82, 2.24) is 0 Å². The van der Waals surface area contributed by atoms with Gasteiger partial charge >= 0.3 is 17.9 Å². The highest BCUT2D eigenvalue weighted by molar-refractivity contribution is 5.71. The van der Waals surface area contributed by atoms with Crippen molar-refractivity contribution in [2.24, 2.45) is 0 Å². The molecule has 0 N–H and O–H groups in total. The van der Waals surface area contributed by atoms with Gasteiger partial charge in [-0.1, -0.05) is 206 Å². The SMILES string of the molecule is CCCCCCCC/C=C\CCCCCCCCCCCC(=O)OCC(COC(=O)CCCCCCCC)OC(=O)CCCCCCC/C=C\CCCCCCCC. The first-order valence-electron chi connectivity index (χ1n) is 25.3. The molecule has 0 aliphatic heterocycles. The molecule has 0 aliphatic carbocycles. The Morgan fingerprint density at radius 1 is 0.328 bits per heavy atom. The monoisotopic (exact) mass is 817 g/mol. The third-order valence-corrected chi connectivity index (χ3v) is 11.2. The summed E-state index contributed by atoms with van der Waals surface area (Å²) in [6, 6.07) is 0. The average Bonchev–Trinajstić information content (AvgIpc) is 3.22. The topological polar surface area (TPSA) is 78.9 Å². The maximum atomic E-state index is 12.7. The van der Waals surface area contributed by atoms with Crippen LogP contribution in [0.25, 0.3) is 0 Å². The fourth-order valence-electron chi connectivity index (χ4n) is 7.31. The summed E-state index contributed by atoms with van der Waals surface area (Å²) < 4.78 is 16.7. The second-order valence-electron chi connectivity index (χ2n) is 17.1. The lowest BCUT2D eigenvalue weighted by atomic mass is 10.1. The number of allylic oxidation sites excluding steroid dienone is 4. The molecule has 58 heavy (non-hydrogen) atoms. The van der Waals surface area contributed by atoms with Gasteiger partial charge in [0.1, 0.15) is 13.2 Å². The predicted molar refractivity (Wildman–Crippen MR) is 247 cm³/mol. The zero-order valence-corrected chi connectivity index (χ0v) is 38.8. The van der Waals surface area contributed by atoms with E-state index in [1.54, 1.807) is 0 Å². The molecule has 0 heterocycles. The maximum absolute atomic E-state index is 12.7. The molecule has 0 bridgehead atoms. The van der Waals surface area contributed by atoms with Crippen LogP contribution in [0.2, 0.25) is 0 Å². The number of carbonyl (C=O) groups excluding carboxylic acids is 3. The van der Waals surface area contributed by atoms with Crippen LogP contribution >= 0.6 is 0 Å². The molecule has 0 rings (SSSR count). The molecule has 0 saturated heterocycles. The third-order valence-electron chi connectivity index (χ3n) is 11.2. The molecule has 0 radical (unpaired) electrons. The van der Waals surface area contributed by atoms with Crippen LogP contribution in [0.5, 0.6) is 0 Å². The maximum Gasteiger partial charge on any atom is 0.306 e. The summed E-state index contributed by atoms with van der Waals surface area (Å²) in [5.74, 6) is -0.884. The average molecular weight is 817 g/mol. The Bertz CT molecular complexity index is 942. The van der Waals surface area contributed by atoms with Gasteiger partial charge in [-0.3, -0.25) is 14.4 Å². The first-order valence-corrected chi connectivity index (χ1v) is 25.3. The summed E-state index contributed by atoms with van der Waals surface area (Å²) >= 11 is 0. The van der Waals surface area contributed by atoms with Gasteiger partial charge < -0.3 is 14.2 Å². The van der Waals surface area contributed by atoms with Crippen molar-refractivity contribution in [2.45, 2.75) is 277 Å². The van der Waals surface area contributed by atoms with E-state index in [2.05, 4.69) is 45.1 Å². The van der Waals surface area contributed by atoms with Crippen LogP contribution in [-0.4, -0.2) is 37.2 Å². The molecular weight excluding hydrogens is 721 g/mol. The van der Waals surface area contributed by atoms with E-state index in [1.165, 1.54) is 167 Å². The molecule has 0 aliphatic rings. The first-order chi connectivity index (χ1) is 28.5. The molecular formula is C52H96O6. The number of hydrogen-bond acceptors (Lipinski definition) is 6. The van der Waals surface area contributed by atoms with Gasteiger partial charge in [-0.15, -0.1) is 0 Å². The van der Waals surface area contributed by atoms with Crippen molar-refractivity contribution in [3.63, 3.8) is 0 Å². The Kier molecular flexibility index (Phi) is 45.8. The molecule has 0 aromatic carbocycles. The van der Waals surface area contributed by atoms with Crippen molar-refractivity contribution >= 4 is 17.9 Å². The highest BCUT2D eigenvalue weighted by Crippen LogP contribution is 2.15. The van der Waals surface area contributed by atoms with Crippen LogP contribution in [0.15, 0.2) is 24.3 Å². The van der Waals surface area contributed by atoms with Crippen LogP contribution in [0.3, 0.4) is 0 Å². The van der Waals surface area contributed by atoms with E-state index < -0.39 is 6.10 Å². The lowest BCUT2D eigenvalue weighted by Gasteiger charge is -2.18. The first kappa shape index (κ1) is 55.9. The Labute approximate surface area is 360 Å². The van der Waals surface area contributed by atoms with E-state index in [1.807, 2.05) is 0 Å². The Morgan fingerprint density at radius 2 is 0.569 bits per heavy atom. The molecule has 0 aromatic heterocycles. The van der Waals surface area contributed by atoms with Crippen LogP contribution in [-0.2, 0) is 28.6 Å². The zero-order valence-electron chi connectivity index (χ0n) is 38.8. The van der Waals surface area contributed by atoms with Crippen LogP contribution in [0, 0.1) is 0 Å². The molecule has 1 unspecified atom stereocenters. The van der Waals surface area contributed by atoms with Crippen molar-refractivity contribution in [3.05, 3.63) is 24.3 Å². The zero-order chi connectivity index (χ0) is 42.3. The second kappa shape index (κ2) is 47.6. The van der Waals surface area contributed by atoms with Crippen LogP contribution in [0.1, 0.15) is 271 Å². The molecule has 0 amide bonds. The highest BCUT2D eigenvalue weighted by Gasteiger charge is 2.19. The summed E-state index contributed by atoms with van der Waals surface area (Å²) in [6.07, 6.45) is 53.3. The summed E-state index contributed by atoms with van der Waals surface area (Å²) in [6.45, 7) is 6.58.